The molecule has 3 rings (SSSR count). The van der Waals surface area contributed by atoms with Crippen molar-refractivity contribution in [1.29, 1.82) is 0 Å². The first-order valence-corrected chi connectivity index (χ1v) is 9.00. The van der Waals surface area contributed by atoms with Crippen LogP contribution in [-0.4, -0.2) is 22.3 Å². The van der Waals surface area contributed by atoms with E-state index >= 15 is 0 Å². The molecule has 124 valence electrons. The molecule has 4 nitrogen and oxygen atoms in total. The first kappa shape index (κ1) is 16.5. The van der Waals surface area contributed by atoms with Crippen LogP contribution in [0.2, 0.25) is 0 Å². The number of thiophene rings is 1. The highest BCUT2D eigenvalue weighted by atomic mass is 32.1. The van der Waals surface area contributed by atoms with Gasteiger partial charge in [-0.15, -0.1) is 11.3 Å². The number of carbonyl (C=O) groups excluding carboxylic acids is 1. The summed E-state index contributed by atoms with van der Waals surface area (Å²) < 4.78 is 0. The first-order valence-electron chi connectivity index (χ1n) is 8.12. The molecule has 0 bridgehead atoms. The molecule has 0 aliphatic heterocycles. The summed E-state index contributed by atoms with van der Waals surface area (Å²) in [6.07, 6.45) is 1.92. The fourth-order valence-electron chi connectivity index (χ4n) is 2.67. The van der Waals surface area contributed by atoms with Gasteiger partial charge in [-0.2, -0.15) is 0 Å². The molecule has 0 radical (unpaired) electrons. The Hall–Kier alpha value is -2.40. The molecule has 0 aliphatic rings. The number of unbranched alkanes of at least 4 members (excludes halogenated alkanes) is 1. The van der Waals surface area contributed by atoms with Crippen molar-refractivity contribution in [3.63, 3.8) is 0 Å². The van der Waals surface area contributed by atoms with Crippen molar-refractivity contribution in [3.05, 3.63) is 68.6 Å². The number of aromatic amines is 1. The number of carbonyl (C=O) groups is 1. The summed E-state index contributed by atoms with van der Waals surface area (Å²) in [6.45, 7) is 3.08. The summed E-state index contributed by atoms with van der Waals surface area (Å²) >= 11 is 1.43. The van der Waals surface area contributed by atoms with E-state index in [9.17, 15) is 9.59 Å². The minimum atomic E-state index is -0.130. The lowest BCUT2D eigenvalue weighted by molar-refractivity contribution is 0.0745. The largest absolute Gasteiger partial charge is 0.333 e. The van der Waals surface area contributed by atoms with Crippen molar-refractivity contribution < 1.29 is 4.79 Å². The SMILES string of the molecule is CCCCN(Cc1cc2ccccc2[nH]c1=O)C(=O)c1cccs1. The van der Waals surface area contributed by atoms with E-state index in [0.717, 1.165) is 23.7 Å². The predicted octanol–water partition coefficient (Wildman–Crippen LogP) is 4.03. The number of amides is 1. The Morgan fingerprint density at radius 3 is 2.79 bits per heavy atom. The van der Waals surface area contributed by atoms with Gasteiger partial charge in [0.25, 0.3) is 11.5 Å². The molecule has 0 fully saturated rings. The normalized spacial score (nSPS) is 10.9. The molecule has 1 amide bonds. The van der Waals surface area contributed by atoms with Gasteiger partial charge in [-0.1, -0.05) is 37.6 Å². The molecular formula is C19H20N2O2S. The minimum absolute atomic E-state index is 0.00833. The molecular weight excluding hydrogens is 320 g/mol. The van der Waals surface area contributed by atoms with Gasteiger partial charge in [-0.05, 0) is 35.4 Å². The lowest BCUT2D eigenvalue weighted by Gasteiger charge is -2.22. The molecule has 0 aliphatic carbocycles. The maximum absolute atomic E-state index is 12.7. The van der Waals surface area contributed by atoms with Gasteiger partial charge >= 0.3 is 0 Å². The topological polar surface area (TPSA) is 53.2 Å². The molecule has 24 heavy (non-hydrogen) atoms. The number of nitrogens with one attached hydrogen (secondary N) is 1. The maximum Gasteiger partial charge on any atom is 0.264 e. The zero-order valence-corrected chi connectivity index (χ0v) is 14.4. The number of para-hydroxylation sites is 1. The minimum Gasteiger partial charge on any atom is -0.333 e. The fourth-order valence-corrected chi connectivity index (χ4v) is 3.36. The Morgan fingerprint density at radius 1 is 1.21 bits per heavy atom. The van der Waals surface area contributed by atoms with E-state index in [4.69, 9.17) is 0 Å². The summed E-state index contributed by atoms with van der Waals surface area (Å²) in [5.41, 5.74) is 1.31. The highest BCUT2D eigenvalue weighted by molar-refractivity contribution is 7.12. The Morgan fingerprint density at radius 2 is 2.04 bits per heavy atom. The van der Waals surface area contributed by atoms with Crippen molar-refractivity contribution >= 4 is 28.1 Å². The van der Waals surface area contributed by atoms with Gasteiger partial charge < -0.3 is 9.88 Å². The van der Waals surface area contributed by atoms with E-state index in [-0.39, 0.29) is 11.5 Å². The number of hydrogen-bond donors (Lipinski definition) is 1. The molecule has 3 aromatic rings. The Bertz CT molecular complexity index is 884. The number of benzene rings is 1. The number of fused-ring (bicyclic) bond motifs is 1. The molecule has 2 heterocycles. The molecule has 5 heteroatoms. The van der Waals surface area contributed by atoms with E-state index in [1.54, 1.807) is 4.90 Å². The quantitative estimate of drug-likeness (QED) is 0.736. The van der Waals surface area contributed by atoms with E-state index in [1.165, 1.54) is 11.3 Å². The molecule has 0 atom stereocenters. The average Bonchev–Trinajstić information content (AvgIpc) is 3.13. The van der Waals surface area contributed by atoms with E-state index in [2.05, 4.69) is 11.9 Å². The summed E-state index contributed by atoms with van der Waals surface area (Å²) in [7, 11) is 0. The molecule has 0 unspecified atom stereocenters. The number of hydrogen-bond acceptors (Lipinski definition) is 3. The first-order chi connectivity index (χ1) is 11.7. The number of nitrogens with zero attached hydrogens (tertiary/aromatic N) is 1. The van der Waals surface area contributed by atoms with Crippen LogP contribution in [0.1, 0.15) is 35.0 Å². The van der Waals surface area contributed by atoms with E-state index < -0.39 is 0 Å². The molecule has 1 N–H and O–H groups in total. The summed E-state index contributed by atoms with van der Waals surface area (Å²) in [6, 6.07) is 13.3. The Balaban J connectivity index is 1.90. The third kappa shape index (κ3) is 3.57. The Labute approximate surface area is 144 Å². The van der Waals surface area contributed by atoms with Gasteiger partial charge in [0, 0.05) is 17.6 Å². The number of pyridine rings is 1. The molecule has 1 aromatic carbocycles. The van der Waals surface area contributed by atoms with Crippen molar-refractivity contribution in [2.24, 2.45) is 0 Å². The van der Waals surface area contributed by atoms with Gasteiger partial charge in [-0.25, -0.2) is 0 Å². The summed E-state index contributed by atoms with van der Waals surface area (Å²) in [4.78, 5) is 30.5. The highest BCUT2D eigenvalue weighted by Gasteiger charge is 2.18. The Kier molecular flexibility index (Phi) is 5.11. The van der Waals surface area contributed by atoms with Crippen molar-refractivity contribution in [2.45, 2.75) is 26.3 Å². The summed E-state index contributed by atoms with van der Waals surface area (Å²) in [5, 5.41) is 2.87. The van der Waals surface area contributed by atoms with Crippen LogP contribution in [0.3, 0.4) is 0 Å². The van der Waals surface area contributed by atoms with Crippen LogP contribution in [0.4, 0.5) is 0 Å². The van der Waals surface area contributed by atoms with Crippen molar-refractivity contribution in [1.82, 2.24) is 9.88 Å². The smallest absolute Gasteiger partial charge is 0.264 e. The van der Waals surface area contributed by atoms with Crippen LogP contribution in [0.5, 0.6) is 0 Å². The van der Waals surface area contributed by atoms with Crippen molar-refractivity contribution in [2.75, 3.05) is 6.54 Å². The second-order valence-electron chi connectivity index (χ2n) is 5.77. The molecule has 0 spiro atoms. The van der Waals surface area contributed by atoms with Crippen LogP contribution in [0.25, 0.3) is 10.9 Å². The highest BCUT2D eigenvalue weighted by Crippen LogP contribution is 2.16. The van der Waals surface area contributed by atoms with Crippen molar-refractivity contribution in [3.8, 4) is 0 Å². The average molecular weight is 340 g/mol. The van der Waals surface area contributed by atoms with Crippen LogP contribution in [-0.2, 0) is 6.54 Å². The predicted molar refractivity (Wildman–Crippen MR) is 98.5 cm³/mol. The zero-order chi connectivity index (χ0) is 16.9. The van der Waals surface area contributed by atoms with E-state index in [0.29, 0.717) is 23.5 Å². The van der Waals surface area contributed by atoms with Crippen LogP contribution >= 0.6 is 11.3 Å². The lowest BCUT2D eigenvalue weighted by Crippen LogP contribution is -2.33. The van der Waals surface area contributed by atoms with Gasteiger partial charge in [0.1, 0.15) is 0 Å². The zero-order valence-electron chi connectivity index (χ0n) is 13.6. The summed E-state index contributed by atoms with van der Waals surface area (Å²) in [5.74, 6) is -0.00833. The second-order valence-corrected chi connectivity index (χ2v) is 6.72. The van der Waals surface area contributed by atoms with Gasteiger partial charge in [0.15, 0.2) is 0 Å². The van der Waals surface area contributed by atoms with E-state index in [1.807, 2.05) is 47.8 Å². The van der Waals surface area contributed by atoms with Crippen LogP contribution in [0.15, 0.2) is 52.6 Å². The molecule has 2 aromatic heterocycles. The number of H-pyrrole nitrogens is 1. The number of aromatic nitrogens is 1. The maximum atomic E-state index is 12.7. The van der Waals surface area contributed by atoms with Gasteiger partial charge in [-0.3, -0.25) is 9.59 Å². The van der Waals surface area contributed by atoms with Crippen LogP contribution in [0, 0.1) is 0 Å². The monoisotopic (exact) mass is 340 g/mol. The fraction of sp³-hybridized carbons (Fsp3) is 0.263. The molecule has 0 saturated heterocycles. The third-order valence-corrected chi connectivity index (χ3v) is 4.85. The van der Waals surface area contributed by atoms with Gasteiger partial charge in [0.05, 0.1) is 11.4 Å². The number of rotatable bonds is 6. The van der Waals surface area contributed by atoms with Crippen LogP contribution < -0.4 is 5.56 Å². The third-order valence-electron chi connectivity index (χ3n) is 3.99. The lowest BCUT2D eigenvalue weighted by atomic mass is 10.1. The second kappa shape index (κ2) is 7.45. The standard InChI is InChI=1S/C19H20N2O2S/c1-2-3-10-21(19(23)17-9-6-11-24-17)13-15-12-14-7-4-5-8-16(14)20-18(15)22/h4-9,11-12H,2-3,10,13H2,1H3,(H,20,22). The van der Waals surface area contributed by atoms with Gasteiger partial charge in [0.2, 0.25) is 0 Å². The molecule has 0 saturated carbocycles.